The van der Waals surface area contributed by atoms with Crippen molar-refractivity contribution in [1.29, 1.82) is 0 Å². The van der Waals surface area contributed by atoms with Gasteiger partial charge in [-0.05, 0) is 70.7 Å². The number of hydrogen-bond acceptors (Lipinski definition) is 7. The monoisotopic (exact) mass is 662 g/mol. The van der Waals surface area contributed by atoms with Crippen molar-refractivity contribution in [3.8, 4) is 0 Å². The molecule has 1 heterocycles. The van der Waals surface area contributed by atoms with E-state index in [4.69, 9.17) is 11.5 Å². The third kappa shape index (κ3) is 9.87. The molecule has 258 valence electrons. The van der Waals surface area contributed by atoms with Crippen LogP contribution in [0, 0.1) is 5.92 Å². The van der Waals surface area contributed by atoms with Crippen LogP contribution < -0.4 is 16.9 Å². The summed E-state index contributed by atoms with van der Waals surface area (Å²) in [6, 6.07) is 27.1. The highest BCUT2D eigenvalue weighted by Gasteiger charge is 2.30. The van der Waals surface area contributed by atoms with Crippen LogP contribution in [0.25, 0.3) is 21.5 Å². The van der Waals surface area contributed by atoms with Crippen LogP contribution in [0.15, 0.2) is 97.6 Å². The maximum absolute atomic E-state index is 14.3. The number of carbonyl (C=O) groups is 2. The van der Waals surface area contributed by atoms with Gasteiger partial charge >= 0.3 is 0 Å². The zero-order valence-corrected chi connectivity index (χ0v) is 28.9. The van der Waals surface area contributed by atoms with Gasteiger partial charge in [-0.25, -0.2) is 4.68 Å². The predicted octanol–water partition coefficient (Wildman–Crippen LogP) is 4.75. The van der Waals surface area contributed by atoms with E-state index in [0.29, 0.717) is 44.8 Å². The van der Waals surface area contributed by atoms with Crippen LogP contribution in [0.2, 0.25) is 0 Å². The van der Waals surface area contributed by atoms with Gasteiger partial charge in [0.2, 0.25) is 11.8 Å². The summed E-state index contributed by atoms with van der Waals surface area (Å²) in [5, 5.41) is 12.2. The van der Waals surface area contributed by atoms with Gasteiger partial charge in [0, 0.05) is 32.7 Å². The number of nitrogens with two attached hydrogens (primary N) is 2. The van der Waals surface area contributed by atoms with Crippen molar-refractivity contribution >= 4 is 33.4 Å². The molecule has 0 aliphatic heterocycles. The molecule has 2 amide bonds. The largest absolute Gasteiger partial charge is 0.342 e. The number of carbonyl (C=O) groups excluding carboxylic acids is 2. The Bertz CT molecular complexity index is 1810. The van der Waals surface area contributed by atoms with E-state index >= 15 is 0 Å². The normalized spacial score (nSPS) is 13.3. The smallest absolute Gasteiger partial charge is 0.240 e. The van der Waals surface area contributed by atoms with Crippen LogP contribution in [0.1, 0.15) is 44.2 Å². The van der Waals surface area contributed by atoms with Gasteiger partial charge in [-0.1, -0.05) is 98.8 Å². The third-order valence-corrected chi connectivity index (χ3v) is 9.13. The molecule has 1 aromatic heterocycles. The molecule has 0 fully saturated rings. The van der Waals surface area contributed by atoms with Crippen molar-refractivity contribution in [3.05, 3.63) is 109 Å². The predicted molar refractivity (Wildman–Crippen MR) is 197 cm³/mol. The summed E-state index contributed by atoms with van der Waals surface area (Å²) in [5.41, 5.74) is 18.5. The van der Waals surface area contributed by atoms with Gasteiger partial charge in [-0.2, -0.15) is 0 Å². The first-order chi connectivity index (χ1) is 23.7. The zero-order valence-electron chi connectivity index (χ0n) is 28.9. The van der Waals surface area contributed by atoms with E-state index in [-0.39, 0.29) is 17.9 Å². The maximum Gasteiger partial charge on any atom is 0.240 e. The first-order valence-electron chi connectivity index (χ1n) is 17.3. The van der Waals surface area contributed by atoms with E-state index < -0.39 is 12.1 Å². The molecule has 3 atom stereocenters. The maximum atomic E-state index is 14.3. The van der Waals surface area contributed by atoms with Crippen LogP contribution >= 0.6 is 0 Å². The SMILES string of the molecule is CC(C)CCN(C(=O)C(N)Cc1ccc2ccccc2c1)C(CCCNn1cnnc1)CN(C)C(=O)C(N)Cc1ccc2ccccc2c1. The van der Waals surface area contributed by atoms with Crippen molar-refractivity contribution in [3.63, 3.8) is 0 Å². The molecule has 49 heavy (non-hydrogen) atoms. The number of rotatable bonds is 17. The van der Waals surface area contributed by atoms with E-state index in [1.165, 1.54) is 0 Å². The molecule has 5 aromatic rings. The Labute approximate surface area is 289 Å². The second-order valence-corrected chi connectivity index (χ2v) is 13.5. The van der Waals surface area contributed by atoms with Crippen molar-refractivity contribution in [2.75, 3.05) is 32.1 Å². The molecule has 5 N–H and O–H groups in total. The van der Waals surface area contributed by atoms with E-state index in [1.807, 2.05) is 41.3 Å². The minimum atomic E-state index is -0.720. The van der Waals surface area contributed by atoms with Crippen LogP contribution in [-0.4, -0.2) is 81.3 Å². The number of hydrogen-bond donors (Lipinski definition) is 3. The number of fused-ring (bicyclic) bond motifs is 2. The zero-order chi connectivity index (χ0) is 34.8. The van der Waals surface area contributed by atoms with Crippen molar-refractivity contribution < 1.29 is 9.59 Å². The van der Waals surface area contributed by atoms with E-state index in [1.54, 1.807) is 29.3 Å². The lowest BCUT2D eigenvalue weighted by Gasteiger charge is -2.37. The molecule has 5 rings (SSSR count). The fourth-order valence-corrected chi connectivity index (χ4v) is 6.36. The Morgan fingerprint density at radius 2 is 1.29 bits per heavy atom. The summed E-state index contributed by atoms with van der Waals surface area (Å²) < 4.78 is 1.71. The fourth-order valence-electron chi connectivity index (χ4n) is 6.36. The average molecular weight is 663 g/mol. The summed E-state index contributed by atoms with van der Waals surface area (Å²) in [4.78, 5) is 31.6. The number of aromatic nitrogens is 3. The second-order valence-electron chi connectivity index (χ2n) is 13.5. The van der Waals surface area contributed by atoms with Crippen molar-refractivity contribution in [2.45, 2.75) is 64.1 Å². The van der Waals surface area contributed by atoms with Crippen LogP contribution in [0.3, 0.4) is 0 Å². The molecule has 10 heteroatoms. The first-order valence-corrected chi connectivity index (χ1v) is 17.3. The average Bonchev–Trinajstić information content (AvgIpc) is 3.63. The molecule has 0 aliphatic rings. The summed E-state index contributed by atoms with van der Waals surface area (Å²) >= 11 is 0. The highest BCUT2D eigenvalue weighted by atomic mass is 16.2. The molecule has 0 saturated heterocycles. The lowest BCUT2D eigenvalue weighted by molar-refractivity contribution is -0.138. The number of nitrogens with zero attached hydrogens (tertiary/aromatic N) is 5. The molecule has 4 aromatic carbocycles. The van der Waals surface area contributed by atoms with Crippen molar-refractivity contribution in [1.82, 2.24) is 24.7 Å². The Morgan fingerprint density at radius 3 is 1.84 bits per heavy atom. The summed E-state index contributed by atoms with van der Waals surface area (Å²) in [5.74, 6) is 0.127. The van der Waals surface area contributed by atoms with E-state index in [0.717, 1.165) is 45.5 Å². The van der Waals surface area contributed by atoms with Crippen molar-refractivity contribution in [2.24, 2.45) is 17.4 Å². The van der Waals surface area contributed by atoms with Gasteiger partial charge in [0.25, 0.3) is 0 Å². The number of benzene rings is 4. The second kappa shape index (κ2) is 17.0. The first kappa shape index (κ1) is 35.5. The van der Waals surface area contributed by atoms with Gasteiger partial charge < -0.3 is 26.7 Å². The lowest BCUT2D eigenvalue weighted by Crippen LogP contribution is -2.55. The van der Waals surface area contributed by atoms with Gasteiger partial charge in [-0.15, -0.1) is 10.2 Å². The molecule has 0 saturated carbocycles. The molecule has 3 unspecified atom stereocenters. The number of nitrogens with one attached hydrogen (secondary N) is 1. The van der Waals surface area contributed by atoms with Gasteiger partial charge in [0.05, 0.1) is 12.1 Å². The number of amides is 2. The molecular formula is C39H50N8O2. The standard InChI is InChI=1S/C39H50N8O2/c1-28(2)18-20-47(39(49)37(41)24-30-15-17-32-10-5-7-12-34(32)22-30)35(13-8-19-44-46-26-42-43-27-46)25-45(3)38(48)36(40)23-29-14-16-31-9-4-6-11-33(31)21-29/h4-7,9-12,14-17,21-22,26-28,35-37,44H,8,13,18-20,23-25,40-41H2,1-3H3. The Kier molecular flexibility index (Phi) is 12.3. The summed E-state index contributed by atoms with van der Waals surface area (Å²) in [7, 11) is 1.78. The summed E-state index contributed by atoms with van der Waals surface area (Å²) in [6.45, 7) is 5.84. The summed E-state index contributed by atoms with van der Waals surface area (Å²) in [6.07, 6.45) is 6.29. The quantitative estimate of drug-likeness (QED) is 0.122. The fraction of sp³-hybridized carbons (Fsp3) is 0.385. The molecule has 0 spiro atoms. The molecular weight excluding hydrogens is 612 g/mol. The van der Waals surface area contributed by atoms with Gasteiger partial charge in [0.1, 0.15) is 12.7 Å². The van der Waals surface area contributed by atoms with E-state index in [2.05, 4.69) is 78.0 Å². The Balaban J connectivity index is 1.31. The third-order valence-electron chi connectivity index (χ3n) is 9.13. The van der Waals surface area contributed by atoms with Gasteiger partial charge in [-0.3, -0.25) is 9.59 Å². The van der Waals surface area contributed by atoms with E-state index in [9.17, 15) is 9.59 Å². The number of likely N-dealkylation sites (N-methyl/N-ethyl adjacent to an activating group) is 1. The van der Waals surface area contributed by atoms with Gasteiger partial charge in [0.15, 0.2) is 0 Å². The lowest BCUT2D eigenvalue weighted by atomic mass is 9.99. The Hall–Kier alpha value is -4.80. The minimum absolute atomic E-state index is 0.105. The van der Waals surface area contributed by atoms with Crippen LogP contribution in [-0.2, 0) is 22.4 Å². The van der Waals surface area contributed by atoms with Crippen LogP contribution in [0.4, 0.5) is 0 Å². The molecule has 0 aliphatic carbocycles. The molecule has 0 radical (unpaired) electrons. The highest BCUT2D eigenvalue weighted by molar-refractivity contribution is 5.86. The van der Waals surface area contributed by atoms with Crippen LogP contribution in [0.5, 0.6) is 0 Å². The topological polar surface area (TPSA) is 135 Å². The highest BCUT2D eigenvalue weighted by Crippen LogP contribution is 2.20. The molecule has 10 nitrogen and oxygen atoms in total. The Morgan fingerprint density at radius 1 is 0.755 bits per heavy atom. The molecule has 0 bridgehead atoms. The minimum Gasteiger partial charge on any atom is -0.342 e.